The van der Waals surface area contributed by atoms with E-state index in [9.17, 15) is 13.2 Å². The highest BCUT2D eigenvalue weighted by molar-refractivity contribution is 6.08. The van der Waals surface area contributed by atoms with Crippen molar-refractivity contribution >= 4 is 17.5 Å². The normalized spacial score (nSPS) is 17.1. The summed E-state index contributed by atoms with van der Waals surface area (Å²) in [5.74, 6) is 0.769. The SMILES string of the molecule is CCC1N=C(Nc2cc(C)nc(-c3ccccc3C(F)(F)F)n2)N=C1C. The first kappa shape index (κ1) is 18.0. The van der Waals surface area contributed by atoms with Crippen molar-refractivity contribution in [2.45, 2.75) is 39.4 Å². The van der Waals surface area contributed by atoms with E-state index in [4.69, 9.17) is 0 Å². The first-order valence-corrected chi connectivity index (χ1v) is 8.20. The van der Waals surface area contributed by atoms with E-state index in [0.29, 0.717) is 17.5 Å². The van der Waals surface area contributed by atoms with E-state index in [-0.39, 0.29) is 17.4 Å². The topological polar surface area (TPSA) is 62.5 Å². The number of hydrogen-bond acceptors (Lipinski definition) is 5. The van der Waals surface area contributed by atoms with Gasteiger partial charge in [0.15, 0.2) is 5.82 Å². The number of aliphatic imine (C=N–C) groups is 2. The number of rotatable bonds is 3. The molecule has 0 spiro atoms. The predicted molar refractivity (Wildman–Crippen MR) is 95.5 cm³/mol. The fraction of sp³-hybridized carbons (Fsp3) is 0.333. The van der Waals surface area contributed by atoms with Gasteiger partial charge in [-0.05, 0) is 26.3 Å². The van der Waals surface area contributed by atoms with Gasteiger partial charge in [-0.3, -0.25) is 0 Å². The van der Waals surface area contributed by atoms with E-state index in [0.717, 1.165) is 18.2 Å². The predicted octanol–water partition coefficient (Wildman–Crippen LogP) is 4.49. The lowest BCUT2D eigenvalue weighted by atomic mass is 10.1. The molecule has 3 rings (SSSR count). The Morgan fingerprint density at radius 3 is 2.50 bits per heavy atom. The molecule has 0 amide bonds. The molecule has 26 heavy (non-hydrogen) atoms. The number of nitrogens with one attached hydrogen (secondary N) is 1. The average molecular weight is 361 g/mol. The Morgan fingerprint density at radius 1 is 1.12 bits per heavy atom. The molecule has 5 nitrogen and oxygen atoms in total. The van der Waals surface area contributed by atoms with Gasteiger partial charge < -0.3 is 5.32 Å². The molecule has 0 saturated heterocycles. The smallest absolute Gasteiger partial charge is 0.309 e. The summed E-state index contributed by atoms with van der Waals surface area (Å²) in [4.78, 5) is 17.2. The van der Waals surface area contributed by atoms with Crippen molar-refractivity contribution in [1.29, 1.82) is 0 Å². The van der Waals surface area contributed by atoms with Crippen molar-refractivity contribution in [3.63, 3.8) is 0 Å². The second-order valence-electron chi connectivity index (χ2n) is 6.02. The monoisotopic (exact) mass is 361 g/mol. The van der Waals surface area contributed by atoms with Crippen LogP contribution < -0.4 is 5.32 Å². The Kier molecular flexibility index (Phi) is 4.76. The highest BCUT2D eigenvalue weighted by Crippen LogP contribution is 2.36. The van der Waals surface area contributed by atoms with Gasteiger partial charge in [0.2, 0.25) is 5.96 Å². The van der Waals surface area contributed by atoms with Crippen LogP contribution in [0, 0.1) is 6.92 Å². The summed E-state index contributed by atoms with van der Waals surface area (Å²) in [6.07, 6.45) is -3.66. The Labute approximate surface area is 149 Å². The maximum atomic E-state index is 13.3. The molecule has 1 N–H and O–H groups in total. The summed E-state index contributed by atoms with van der Waals surface area (Å²) < 4.78 is 39.8. The molecule has 0 bridgehead atoms. The number of aromatic nitrogens is 2. The van der Waals surface area contributed by atoms with E-state index >= 15 is 0 Å². The van der Waals surface area contributed by atoms with Gasteiger partial charge in [0.05, 0.1) is 11.6 Å². The lowest BCUT2D eigenvalue weighted by Gasteiger charge is -2.13. The number of benzene rings is 1. The number of nitrogens with zero attached hydrogens (tertiary/aromatic N) is 4. The number of alkyl halides is 3. The molecule has 1 aliphatic heterocycles. The first-order chi connectivity index (χ1) is 12.3. The Hall–Kier alpha value is -2.77. The number of guanidine groups is 1. The van der Waals surface area contributed by atoms with Crippen molar-refractivity contribution in [3.05, 3.63) is 41.6 Å². The summed E-state index contributed by atoms with van der Waals surface area (Å²) >= 11 is 0. The summed E-state index contributed by atoms with van der Waals surface area (Å²) in [7, 11) is 0. The van der Waals surface area contributed by atoms with Crippen LogP contribution in [-0.2, 0) is 6.18 Å². The first-order valence-electron chi connectivity index (χ1n) is 8.20. The van der Waals surface area contributed by atoms with E-state index in [1.807, 2.05) is 13.8 Å². The van der Waals surface area contributed by atoms with Gasteiger partial charge in [-0.15, -0.1) is 0 Å². The van der Waals surface area contributed by atoms with E-state index in [1.54, 1.807) is 13.0 Å². The molecule has 1 aliphatic rings. The average Bonchev–Trinajstić information content (AvgIpc) is 2.93. The third kappa shape index (κ3) is 3.74. The second-order valence-corrected chi connectivity index (χ2v) is 6.02. The van der Waals surface area contributed by atoms with Crippen LogP contribution >= 0.6 is 0 Å². The maximum Gasteiger partial charge on any atom is 0.417 e. The molecule has 2 heterocycles. The maximum absolute atomic E-state index is 13.3. The van der Waals surface area contributed by atoms with Crippen molar-refractivity contribution in [2.75, 3.05) is 5.32 Å². The van der Waals surface area contributed by atoms with Gasteiger partial charge in [0.25, 0.3) is 0 Å². The minimum Gasteiger partial charge on any atom is -0.309 e. The zero-order valence-corrected chi connectivity index (χ0v) is 14.6. The molecule has 0 saturated carbocycles. The van der Waals surface area contributed by atoms with Crippen LogP contribution in [0.3, 0.4) is 0 Å². The van der Waals surface area contributed by atoms with Crippen molar-refractivity contribution < 1.29 is 13.2 Å². The number of hydrogen-bond donors (Lipinski definition) is 1. The molecule has 1 unspecified atom stereocenters. The van der Waals surface area contributed by atoms with E-state index < -0.39 is 11.7 Å². The minimum absolute atomic E-state index is 0.00626. The fourth-order valence-electron chi connectivity index (χ4n) is 2.75. The molecule has 0 radical (unpaired) electrons. The second kappa shape index (κ2) is 6.86. The highest BCUT2D eigenvalue weighted by Gasteiger charge is 2.34. The van der Waals surface area contributed by atoms with Crippen LogP contribution in [0.15, 0.2) is 40.3 Å². The molecular formula is C18H18F3N5. The molecule has 0 aliphatic carbocycles. The third-order valence-corrected chi connectivity index (χ3v) is 4.00. The van der Waals surface area contributed by atoms with Crippen LogP contribution in [0.2, 0.25) is 0 Å². The molecule has 8 heteroatoms. The molecule has 136 valence electrons. The molecule has 2 aromatic rings. The standard InChI is InChI=1S/C18H18F3N5/c1-4-14-11(3)23-17(24-14)26-15-9-10(2)22-16(25-15)12-7-5-6-8-13(12)18(19,20)21/h5-9,14H,4H2,1-3H3,(H,22,24,25,26). The lowest BCUT2D eigenvalue weighted by molar-refractivity contribution is -0.137. The molecular weight excluding hydrogens is 343 g/mol. The van der Waals surface area contributed by atoms with Crippen molar-refractivity contribution in [1.82, 2.24) is 9.97 Å². The van der Waals surface area contributed by atoms with Crippen molar-refractivity contribution in [3.8, 4) is 11.4 Å². The van der Waals surface area contributed by atoms with Gasteiger partial charge in [0.1, 0.15) is 5.82 Å². The van der Waals surface area contributed by atoms with Crippen molar-refractivity contribution in [2.24, 2.45) is 9.98 Å². The molecule has 1 atom stereocenters. The van der Waals surface area contributed by atoms with Gasteiger partial charge in [-0.2, -0.15) is 13.2 Å². The summed E-state index contributed by atoms with van der Waals surface area (Å²) in [5, 5.41) is 2.97. The fourth-order valence-corrected chi connectivity index (χ4v) is 2.75. The number of anilines is 1. The van der Waals surface area contributed by atoms with Crippen LogP contribution in [0.4, 0.5) is 19.0 Å². The lowest BCUT2D eigenvalue weighted by Crippen LogP contribution is -2.12. The van der Waals surface area contributed by atoms with Crippen LogP contribution in [-0.4, -0.2) is 27.7 Å². The molecule has 1 aromatic carbocycles. The molecule has 0 fully saturated rings. The van der Waals surface area contributed by atoms with Crippen LogP contribution in [0.1, 0.15) is 31.5 Å². The highest BCUT2D eigenvalue weighted by atomic mass is 19.4. The number of halogens is 3. The Bertz CT molecular complexity index is 887. The van der Waals surface area contributed by atoms with Gasteiger partial charge in [-0.25, -0.2) is 20.0 Å². The minimum atomic E-state index is -4.48. The largest absolute Gasteiger partial charge is 0.417 e. The molecule has 1 aromatic heterocycles. The quantitative estimate of drug-likeness (QED) is 0.876. The van der Waals surface area contributed by atoms with Gasteiger partial charge >= 0.3 is 6.18 Å². The summed E-state index contributed by atoms with van der Waals surface area (Å²) in [6.45, 7) is 5.60. The van der Waals surface area contributed by atoms with Gasteiger partial charge in [-0.1, -0.05) is 25.1 Å². The van der Waals surface area contributed by atoms with Gasteiger partial charge in [0, 0.05) is 23.0 Å². The van der Waals surface area contributed by atoms with E-state index in [2.05, 4.69) is 25.3 Å². The van der Waals surface area contributed by atoms with Crippen LogP contribution in [0.25, 0.3) is 11.4 Å². The Balaban J connectivity index is 1.98. The van der Waals surface area contributed by atoms with E-state index in [1.165, 1.54) is 18.2 Å². The zero-order chi connectivity index (χ0) is 18.9. The summed E-state index contributed by atoms with van der Waals surface area (Å²) in [5.41, 5.74) is 0.602. The Morgan fingerprint density at radius 2 is 1.85 bits per heavy atom. The third-order valence-electron chi connectivity index (χ3n) is 4.00. The number of aryl methyl sites for hydroxylation is 1. The van der Waals surface area contributed by atoms with Crippen LogP contribution in [0.5, 0.6) is 0 Å². The summed E-state index contributed by atoms with van der Waals surface area (Å²) in [6, 6.07) is 6.93. The zero-order valence-electron chi connectivity index (χ0n) is 14.6.